The molecular weight excluding hydrogens is 1530 g/mol. The van der Waals surface area contributed by atoms with Crippen LogP contribution in [0.25, 0.3) is 0 Å². The molecular formula is C75H162O18Si12. The average Bonchev–Trinajstić information content (AvgIpc) is 1.73. The molecule has 105 heavy (non-hydrogen) atoms. The third-order valence-corrected chi connectivity index (χ3v) is 85.2. The molecule has 0 radical (unpaired) electrons. The maximum atomic E-state index is 6.34. The van der Waals surface area contributed by atoms with E-state index in [1.807, 2.05) is 28.4 Å². The topological polar surface area (TPSA) is 166 Å². The summed E-state index contributed by atoms with van der Waals surface area (Å²) in [6, 6.07) is 0. The van der Waals surface area contributed by atoms with Crippen LogP contribution in [-0.4, -0.2) is 226 Å². The van der Waals surface area contributed by atoms with Crippen LogP contribution in [0.2, 0.25) is 146 Å². The van der Waals surface area contributed by atoms with Gasteiger partial charge in [0.15, 0.2) is 49.9 Å². The molecule has 0 fully saturated rings. The van der Waals surface area contributed by atoms with E-state index in [0.29, 0.717) is 33.2 Å². The SMILES string of the molecule is CCO[Si](C)(C[Si](C)(OCC)C1C=CCC1)OCC.CCO[Si](C)(C[Si](C)(OCC)C1CC=CCC1)OCC.CO[Si](C)(C[Si](C)(OC)C1C=CCC1)OC.CO[Si](C)(C[Si](C)(OC)C1C=CCC1)OC.CO[Si](C)(C[Si](C)(OC)C1CC=CCC1)OC.CO[Si](C)(C[Si](C)(OC)C1CC=CCC1)OC. The summed E-state index contributed by atoms with van der Waals surface area (Å²) in [6.07, 6.45) is 45.8. The van der Waals surface area contributed by atoms with Gasteiger partial charge < -0.3 is 79.7 Å². The average molecular weight is 1690 g/mol. The molecule has 0 spiro atoms. The summed E-state index contributed by atoms with van der Waals surface area (Å²) < 4.78 is 105. The second-order valence-electron chi connectivity index (χ2n) is 31.6. The Morgan fingerprint density at radius 2 is 0.429 bits per heavy atom. The van der Waals surface area contributed by atoms with Gasteiger partial charge in [-0.25, -0.2) is 0 Å². The molecule has 0 bridgehead atoms. The van der Waals surface area contributed by atoms with E-state index >= 15 is 0 Å². The maximum absolute atomic E-state index is 6.34. The van der Waals surface area contributed by atoms with Crippen LogP contribution in [-0.2, 0) is 79.7 Å². The molecule has 0 saturated heterocycles. The summed E-state index contributed by atoms with van der Waals surface area (Å²) in [5.41, 5.74) is 10.1. The lowest BCUT2D eigenvalue weighted by Gasteiger charge is -2.40. The lowest BCUT2D eigenvalue weighted by atomic mass is 10.1. The van der Waals surface area contributed by atoms with E-state index in [1.54, 1.807) is 56.9 Å². The van der Waals surface area contributed by atoms with Crippen molar-refractivity contribution in [1.29, 1.82) is 0 Å². The molecule has 0 aliphatic heterocycles. The number of hydrogen-bond donors (Lipinski definition) is 0. The molecule has 0 saturated carbocycles. The van der Waals surface area contributed by atoms with Crippen LogP contribution >= 0.6 is 0 Å². The van der Waals surface area contributed by atoms with E-state index in [4.69, 9.17) is 79.7 Å². The van der Waals surface area contributed by atoms with Gasteiger partial charge in [0.05, 0.1) is 0 Å². The van der Waals surface area contributed by atoms with Crippen molar-refractivity contribution in [2.24, 2.45) is 0 Å². The number of rotatable bonds is 42. The molecule has 0 aromatic heterocycles. The highest BCUT2D eigenvalue weighted by Crippen LogP contribution is 2.45. The molecule has 0 aromatic carbocycles. The predicted molar refractivity (Wildman–Crippen MR) is 469 cm³/mol. The van der Waals surface area contributed by atoms with Gasteiger partial charge >= 0.3 is 51.4 Å². The zero-order valence-corrected chi connectivity index (χ0v) is 84.8. The second-order valence-corrected chi connectivity index (χ2v) is 80.7. The molecule has 6 aliphatic rings. The van der Waals surface area contributed by atoms with E-state index in [1.165, 1.54) is 83.5 Å². The van der Waals surface area contributed by atoms with Crippen molar-refractivity contribution in [3.8, 4) is 0 Å². The summed E-state index contributed by atoms with van der Waals surface area (Å²) in [6.45, 7) is 44.0. The van der Waals surface area contributed by atoms with Crippen LogP contribution in [0.4, 0.5) is 0 Å². The van der Waals surface area contributed by atoms with E-state index in [0.717, 1.165) is 86.5 Å². The molecule has 0 N–H and O–H groups in total. The molecule has 0 heterocycles. The summed E-state index contributed by atoms with van der Waals surface area (Å²) in [5.74, 6) is 0. The molecule has 6 rings (SSSR count). The summed E-state index contributed by atoms with van der Waals surface area (Å²) in [4.78, 5) is 0. The summed E-state index contributed by atoms with van der Waals surface area (Å²) in [7, 11) is -1.33. The van der Waals surface area contributed by atoms with Crippen LogP contribution < -0.4 is 0 Å². The highest BCUT2D eigenvalue weighted by molar-refractivity contribution is 6.92. The fourth-order valence-corrected chi connectivity index (χ4v) is 77.6. The Morgan fingerprint density at radius 3 is 0.638 bits per heavy atom. The van der Waals surface area contributed by atoms with Crippen LogP contribution in [0.15, 0.2) is 72.9 Å². The molecule has 12 unspecified atom stereocenters. The quantitative estimate of drug-likeness (QED) is 0.0418. The van der Waals surface area contributed by atoms with Crippen molar-refractivity contribution in [3.05, 3.63) is 72.9 Å². The summed E-state index contributed by atoms with van der Waals surface area (Å²) in [5, 5.41) is 0. The first-order chi connectivity index (χ1) is 49.5. The van der Waals surface area contributed by atoms with Crippen LogP contribution in [0.1, 0.15) is 138 Å². The molecule has 0 aromatic rings. The minimum absolute atomic E-state index is 0.620. The maximum Gasteiger partial charge on any atom is 0.334 e. The molecule has 18 nitrogen and oxygen atoms in total. The first-order valence-electron chi connectivity index (χ1n) is 39.9. The van der Waals surface area contributed by atoms with Crippen molar-refractivity contribution in [2.45, 2.75) is 284 Å². The fourth-order valence-electron chi connectivity index (χ4n) is 16.5. The molecule has 30 heteroatoms. The van der Waals surface area contributed by atoms with Crippen molar-refractivity contribution >= 4 is 101 Å². The predicted octanol–water partition coefficient (Wildman–Crippen LogP) is 20.5. The van der Waals surface area contributed by atoms with Crippen molar-refractivity contribution in [1.82, 2.24) is 0 Å². The zero-order chi connectivity index (χ0) is 79.8. The van der Waals surface area contributed by atoms with E-state index < -0.39 is 101 Å². The van der Waals surface area contributed by atoms with Gasteiger partial charge in [-0.3, -0.25) is 0 Å². The standard InChI is InChI=1S/C15H32O3Si2.C14H30O3Si2.2C12H26O3Si2.2C11H24O3Si2/c1-6-16-19(4,15-12-10-9-11-13-15)14-20(5,17-7-2)18-8-3;1-6-15-18(4,14-11-9-10-12-14)13-19(5,16-7-2)17-8-3;2*1-13-16(4,11-17(5,14-2)15-3)12-9-7-6-8-10-12;2*1-12-15(4,11-8-6-7-9-11)10-16(5,13-2)14-3/h9-10,15H,6-8,11-14H2,1-5H3;9,11,14H,6-8,10,12-13H2,1-5H3;2*6-7,12H,8-11H2,1-5H3;2*6,8,11H,7,9-10H2,1-5H3. The normalized spacial score (nSPS) is 23.9. The minimum Gasteiger partial charge on any atom is -0.420 e. The Balaban J connectivity index is 0.000000631. The minimum atomic E-state index is -2.09. The number of hydrogen-bond acceptors (Lipinski definition) is 18. The van der Waals surface area contributed by atoms with E-state index in [9.17, 15) is 0 Å². The van der Waals surface area contributed by atoms with Crippen molar-refractivity contribution in [2.75, 3.05) is 125 Å². The first kappa shape index (κ1) is 103. The van der Waals surface area contributed by atoms with Gasteiger partial charge in [0, 0.05) is 159 Å². The van der Waals surface area contributed by atoms with Gasteiger partial charge in [-0.2, -0.15) is 0 Å². The molecule has 0 amide bonds. The smallest absolute Gasteiger partial charge is 0.334 e. The van der Waals surface area contributed by atoms with Crippen molar-refractivity contribution in [3.63, 3.8) is 0 Å². The lowest BCUT2D eigenvalue weighted by Crippen LogP contribution is -2.52. The Hall–Kier alpha value is 0.323. The van der Waals surface area contributed by atoms with Gasteiger partial charge in [-0.1, -0.05) is 72.9 Å². The van der Waals surface area contributed by atoms with Gasteiger partial charge in [-0.15, -0.1) is 0 Å². The first-order valence-corrected chi connectivity index (χ1v) is 71.2. The van der Waals surface area contributed by atoms with E-state index in [-0.39, 0.29) is 0 Å². The monoisotopic (exact) mass is 1690 g/mol. The lowest BCUT2D eigenvalue weighted by molar-refractivity contribution is 0.189. The number of allylic oxidation sites excluding steroid dienone is 12. The second kappa shape index (κ2) is 51.3. The van der Waals surface area contributed by atoms with Crippen LogP contribution in [0, 0.1) is 0 Å². The third-order valence-electron chi connectivity index (χ3n) is 23.9. The Labute approximate surface area is 657 Å². The highest BCUT2D eigenvalue weighted by atomic mass is 28.4. The van der Waals surface area contributed by atoms with E-state index in [2.05, 4.69) is 193 Å². The summed E-state index contributed by atoms with van der Waals surface area (Å²) >= 11 is 0. The molecule has 12 atom stereocenters. The van der Waals surface area contributed by atoms with Gasteiger partial charge in [0.1, 0.15) is 0 Å². The Morgan fingerprint density at radius 1 is 0.219 bits per heavy atom. The molecule has 618 valence electrons. The Bertz CT molecular complexity index is 2380. The zero-order valence-electron chi connectivity index (χ0n) is 72.8. The van der Waals surface area contributed by atoms with Gasteiger partial charge in [0.25, 0.3) is 0 Å². The van der Waals surface area contributed by atoms with Crippen molar-refractivity contribution < 1.29 is 79.7 Å². The molecule has 6 aliphatic carbocycles. The largest absolute Gasteiger partial charge is 0.420 e. The Kier molecular flexibility index (Phi) is 50.5. The third kappa shape index (κ3) is 34.7. The van der Waals surface area contributed by atoms with Crippen LogP contribution in [0.5, 0.6) is 0 Å². The van der Waals surface area contributed by atoms with Gasteiger partial charge in [0.2, 0.25) is 0 Å². The van der Waals surface area contributed by atoms with Gasteiger partial charge in [-0.05, 0) is 250 Å². The fraction of sp³-hybridized carbons (Fsp3) is 0.840. The highest BCUT2D eigenvalue weighted by Gasteiger charge is 2.52. The van der Waals surface area contributed by atoms with Crippen LogP contribution in [0.3, 0.4) is 0 Å².